The quantitative estimate of drug-likeness (QED) is 0.860. The number of furan rings is 1. The molecule has 1 aliphatic rings. The van der Waals surface area contributed by atoms with Crippen molar-refractivity contribution >= 4 is 5.91 Å². The van der Waals surface area contributed by atoms with E-state index in [0.717, 1.165) is 17.4 Å². The molecule has 2 aromatic rings. The number of hydrogen-bond donors (Lipinski definition) is 0. The highest BCUT2D eigenvalue weighted by Crippen LogP contribution is 2.18. The number of ether oxygens (including phenoxy) is 1. The van der Waals surface area contributed by atoms with Crippen LogP contribution in [0.25, 0.3) is 0 Å². The summed E-state index contributed by atoms with van der Waals surface area (Å²) in [6, 6.07) is 1.80. The first-order valence-corrected chi connectivity index (χ1v) is 7.80. The number of aromatic nitrogens is 3. The summed E-state index contributed by atoms with van der Waals surface area (Å²) in [5.41, 5.74) is 0.635. The number of aryl methyl sites for hydroxylation is 4. The summed E-state index contributed by atoms with van der Waals surface area (Å²) in [7, 11) is 0. The Morgan fingerprint density at radius 3 is 2.74 bits per heavy atom. The molecule has 124 valence electrons. The fourth-order valence-corrected chi connectivity index (χ4v) is 2.95. The van der Waals surface area contributed by atoms with E-state index in [0.29, 0.717) is 37.6 Å². The Morgan fingerprint density at radius 1 is 1.35 bits per heavy atom. The lowest BCUT2D eigenvalue weighted by Crippen LogP contribution is -2.47. The highest BCUT2D eigenvalue weighted by Gasteiger charge is 2.27. The van der Waals surface area contributed by atoms with Gasteiger partial charge in [0.05, 0.1) is 24.8 Å². The van der Waals surface area contributed by atoms with Crippen LogP contribution in [-0.4, -0.2) is 51.4 Å². The third-order valence-electron chi connectivity index (χ3n) is 4.04. The molecule has 0 radical (unpaired) electrons. The lowest BCUT2D eigenvalue weighted by Gasteiger charge is -2.33. The minimum absolute atomic E-state index is 0.000794. The van der Waals surface area contributed by atoms with Crippen LogP contribution in [0.4, 0.5) is 0 Å². The SMILES string of the molecule is Cc1nc(C)n(CC2CN(C(=O)c3cc(C)oc3C)CCO2)n1. The zero-order valence-electron chi connectivity index (χ0n) is 14.0. The van der Waals surface area contributed by atoms with Crippen molar-refractivity contribution in [1.82, 2.24) is 19.7 Å². The minimum atomic E-state index is -0.0826. The minimum Gasteiger partial charge on any atom is -0.466 e. The van der Waals surface area contributed by atoms with E-state index in [1.807, 2.05) is 37.3 Å². The van der Waals surface area contributed by atoms with E-state index in [2.05, 4.69) is 10.1 Å². The highest BCUT2D eigenvalue weighted by molar-refractivity contribution is 5.95. The van der Waals surface area contributed by atoms with Crippen molar-refractivity contribution in [1.29, 1.82) is 0 Å². The number of rotatable bonds is 3. The molecule has 7 nitrogen and oxygen atoms in total. The van der Waals surface area contributed by atoms with E-state index in [1.165, 1.54) is 0 Å². The molecule has 1 fully saturated rings. The molecule has 23 heavy (non-hydrogen) atoms. The largest absolute Gasteiger partial charge is 0.466 e. The summed E-state index contributed by atoms with van der Waals surface area (Å²) in [5, 5.41) is 4.36. The Kier molecular flexibility index (Phi) is 4.21. The number of hydrogen-bond acceptors (Lipinski definition) is 5. The predicted octanol–water partition coefficient (Wildman–Crippen LogP) is 1.65. The first-order valence-electron chi connectivity index (χ1n) is 7.80. The van der Waals surface area contributed by atoms with Crippen molar-refractivity contribution in [2.75, 3.05) is 19.7 Å². The molecular formula is C16H22N4O3. The van der Waals surface area contributed by atoms with Gasteiger partial charge in [-0.3, -0.25) is 4.79 Å². The topological polar surface area (TPSA) is 73.4 Å². The van der Waals surface area contributed by atoms with Crippen LogP contribution in [0.5, 0.6) is 0 Å². The molecule has 0 saturated carbocycles. The van der Waals surface area contributed by atoms with Gasteiger partial charge in [0.15, 0.2) is 0 Å². The van der Waals surface area contributed by atoms with Crippen LogP contribution in [-0.2, 0) is 11.3 Å². The summed E-state index contributed by atoms with van der Waals surface area (Å²) in [4.78, 5) is 18.8. The summed E-state index contributed by atoms with van der Waals surface area (Å²) >= 11 is 0. The maximum Gasteiger partial charge on any atom is 0.257 e. The van der Waals surface area contributed by atoms with Crippen molar-refractivity contribution in [3.63, 3.8) is 0 Å². The number of morpholine rings is 1. The van der Waals surface area contributed by atoms with Crippen LogP contribution in [0.1, 0.15) is 33.5 Å². The zero-order valence-corrected chi connectivity index (χ0v) is 14.0. The Morgan fingerprint density at radius 2 is 2.13 bits per heavy atom. The molecule has 2 aromatic heterocycles. The maximum atomic E-state index is 12.7. The Bertz CT molecular complexity index is 719. The van der Waals surface area contributed by atoms with Crippen molar-refractivity contribution < 1.29 is 13.9 Å². The molecule has 1 unspecified atom stereocenters. The summed E-state index contributed by atoms with van der Waals surface area (Å²) in [6.07, 6.45) is -0.0826. The van der Waals surface area contributed by atoms with Gasteiger partial charge in [0, 0.05) is 13.1 Å². The average molecular weight is 318 g/mol. The first kappa shape index (κ1) is 15.7. The van der Waals surface area contributed by atoms with Crippen LogP contribution in [0.3, 0.4) is 0 Å². The van der Waals surface area contributed by atoms with E-state index in [-0.39, 0.29) is 12.0 Å². The highest BCUT2D eigenvalue weighted by atomic mass is 16.5. The summed E-state index contributed by atoms with van der Waals surface area (Å²) in [5.74, 6) is 3.02. The molecule has 0 bridgehead atoms. The van der Waals surface area contributed by atoms with E-state index in [4.69, 9.17) is 9.15 Å². The van der Waals surface area contributed by atoms with Crippen molar-refractivity contribution in [2.45, 2.75) is 40.3 Å². The Hall–Kier alpha value is -2.15. The van der Waals surface area contributed by atoms with Crippen LogP contribution < -0.4 is 0 Å². The maximum absolute atomic E-state index is 12.7. The van der Waals surface area contributed by atoms with Crippen LogP contribution in [0, 0.1) is 27.7 Å². The van der Waals surface area contributed by atoms with Crippen LogP contribution in [0.15, 0.2) is 10.5 Å². The predicted molar refractivity (Wildman–Crippen MR) is 83.3 cm³/mol. The van der Waals surface area contributed by atoms with Gasteiger partial charge < -0.3 is 14.1 Å². The molecule has 0 N–H and O–H groups in total. The number of carbonyl (C=O) groups excluding carboxylic acids is 1. The summed E-state index contributed by atoms with van der Waals surface area (Å²) in [6.45, 7) is 9.71. The Balaban J connectivity index is 1.69. The number of carbonyl (C=O) groups is 1. The Labute approximate surface area is 135 Å². The van der Waals surface area contributed by atoms with Gasteiger partial charge in [0.25, 0.3) is 5.91 Å². The van der Waals surface area contributed by atoms with E-state index in [9.17, 15) is 4.79 Å². The third kappa shape index (κ3) is 3.29. The van der Waals surface area contributed by atoms with Crippen molar-refractivity contribution in [3.05, 3.63) is 34.8 Å². The smallest absolute Gasteiger partial charge is 0.257 e. The number of nitrogens with zero attached hydrogens (tertiary/aromatic N) is 4. The van der Waals surface area contributed by atoms with Crippen molar-refractivity contribution in [2.24, 2.45) is 0 Å². The van der Waals surface area contributed by atoms with Crippen LogP contribution >= 0.6 is 0 Å². The second-order valence-electron chi connectivity index (χ2n) is 5.96. The first-order chi connectivity index (χ1) is 10.9. The lowest BCUT2D eigenvalue weighted by atomic mass is 10.2. The molecule has 0 aromatic carbocycles. The molecule has 7 heteroatoms. The van der Waals surface area contributed by atoms with Gasteiger partial charge in [0.1, 0.15) is 23.2 Å². The van der Waals surface area contributed by atoms with Crippen LogP contribution in [0.2, 0.25) is 0 Å². The van der Waals surface area contributed by atoms with Gasteiger partial charge in [-0.15, -0.1) is 0 Å². The normalized spacial score (nSPS) is 18.4. The average Bonchev–Trinajstić information content (AvgIpc) is 3.00. The molecule has 1 atom stereocenters. The fourth-order valence-electron chi connectivity index (χ4n) is 2.95. The van der Waals surface area contributed by atoms with Gasteiger partial charge >= 0.3 is 0 Å². The monoisotopic (exact) mass is 318 g/mol. The molecule has 0 aliphatic carbocycles. The molecular weight excluding hydrogens is 296 g/mol. The van der Waals surface area contributed by atoms with Crippen molar-refractivity contribution in [3.8, 4) is 0 Å². The van der Waals surface area contributed by atoms with Gasteiger partial charge in [0.2, 0.25) is 0 Å². The van der Waals surface area contributed by atoms with E-state index >= 15 is 0 Å². The lowest BCUT2D eigenvalue weighted by molar-refractivity contribution is -0.0303. The molecule has 0 spiro atoms. The third-order valence-corrected chi connectivity index (χ3v) is 4.04. The summed E-state index contributed by atoms with van der Waals surface area (Å²) < 4.78 is 13.1. The van der Waals surface area contributed by atoms with Gasteiger partial charge in [-0.1, -0.05) is 0 Å². The fraction of sp³-hybridized carbons (Fsp3) is 0.562. The van der Waals surface area contributed by atoms with E-state index < -0.39 is 0 Å². The van der Waals surface area contributed by atoms with Gasteiger partial charge in [-0.05, 0) is 33.8 Å². The molecule has 3 heterocycles. The van der Waals surface area contributed by atoms with E-state index in [1.54, 1.807) is 6.07 Å². The second kappa shape index (κ2) is 6.16. The number of amides is 1. The van der Waals surface area contributed by atoms with Gasteiger partial charge in [-0.2, -0.15) is 5.10 Å². The molecule has 1 aliphatic heterocycles. The molecule has 1 saturated heterocycles. The second-order valence-corrected chi connectivity index (χ2v) is 5.96. The molecule has 3 rings (SSSR count). The molecule has 1 amide bonds. The van der Waals surface area contributed by atoms with Gasteiger partial charge in [-0.25, -0.2) is 9.67 Å². The standard InChI is InChI=1S/C16H22N4O3/c1-10-7-15(11(2)23-10)16(21)19-5-6-22-14(8-19)9-20-13(4)17-12(3)18-20/h7,14H,5-6,8-9H2,1-4H3. The zero-order chi connectivity index (χ0) is 16.6.